The van der Waals surface area contributed by atoms with Gasteiger partial charge in [0.2, 0.25) is 5.91 Å². The Morgan fingerprint density at radius 1 is 1.10 bits per heavy atom. The first-order valence-corrected chi connectivity index (χ1v) is 7.05. The highest BCUT2D eigenvalue weighted by Gasteiger charge is 2.05. The van der Waals surface area contributed by atoms with E-state index in [-0.39, 0.29) is 17.4 Å². The normalized spacial score (nSPS) is 10.2. The van der Waals surface area contributed by atoms with E-state index in [0.29, 0.717) is 22.9 Å². The van der Waals surface area contributed by atoms with Crippen LogP contribution in [0.1, 0.15) is 6.42 Å². The molecule has 2 rings (SSSR count). The second-order valence-corrected chi connectivity index (χ2v) is 5.15. The third kappa shape index (κ3) is 4.62. The van der Waals surface area contributed by atoms with Gasteiger partial charge in [-0.3, -0.25) is 4.79 Å². The monoisotopic (exact) mass is 326 g/mol. The molecule has 2 aromatic carbocycles. The third-order valence-corrected chi connectivity index (χ3v) is 3.37. The molecule has 0 radical (unpaired) electrons. The first kappa shape index (κ1) is 15.6. The molecule has 1 amide bonds. The maximum atomic E-state index is 13.0. The van der Waals surface area contributed by atoms with Gasteiger partial charge in [0.15, 0.2) is 0 Å². The lowest BCUT2D eigenvalue weighted by Crippen LogP contribution is -2.16. The molecule has 0 fully saturated rings. The molecule has 0 unspecified atom stereocenters. The highest BCUT2D eigenvalue weighted by molar-refractivity contribution is 6.33. The van der Waals surface area contributed by atoms with E-state index in [1.807, 2.05) is 0 Å². The number of anilines is 2. The zero-order valence-corrected chi connectivity index (χ0v) is 12.5. The molecule has 0 atom stereocenters. The number of amides is 1. The number of carbonyl (C=O) groups excluding carboxylic acids is 1. The number of para-hydroxylation sites is 1. The van der Waals surface area contributed by atoms with E-state index in [4.69, 9.17) is 23.2 Å². The van der Waals surface area contributed by atoms with Gasteiger partial charge in [-0.05, 0) is 30.3 Å². The highest BCUT2D eigenvalue weighted by atomic mass is 35.5. The fourth-order valence-corrected chi connectivity index (χ4v) is 2.07. The van der Waals surface area contributed by atoms with Crippen LogP contribution in [0.5, 0.6) is 0 Å². The topological polar surface area (TPSA) is 41.1 Å². The minimum atomic E-state index is -0.473. The standard InChI is InChI=1S/C15H13Cl2FN2O/c16-11-3-1-2-4-14(11)20-15(21)7-8-19-10-5-6-13(18)12(17)9-10/h1-6,9,19H,7-8H2,(H,20,21). The quantitative estimate of drug-likeness (QED) is 0.844. The Morgan fingerprint density at radius 2 is 1.86 bits per heavy atom. The lowest BCUT2D eigenvalue weighted by molar-refractivity contribution is -0.115. The zero-order chi connectivity index (χ0) is 15.2. The fourth-order valence-electron chi connectivity index (χ4n) is 1.70. The van der Waals surface area contributed by atoms with Crippen LogP contribution < -0.4 is 10.6 Å². The van der Waals surface area contributed by atoms with Crippen LogP contribution in [0.4, 0.5) is 15.8 Å². The van der Waals surface area contributed by atoms with Crippen molar-refractivity contribution in [3.05, 3.63) is 58.3 Å². The van der Waals surface area contributed by atoms with Crippen molar-refractivity contribution in [3.63, 3.8) is 0 Å². The van der Waals surface area contributed by atoms with Gasteiger partial charge < -0.3 is 10.6 Å². The molecular formula is C15H13Cl2FN2O. The van der Waals surface area contributed by atoms with Gasteiger partial charge >= 0.3 is 0 Å². The molecule has 6 heteroatoms. The zero-order valence-electron chi connectivity index (χ0n) is 11.0. The largest absolute Gasteiger partial charge is 0.384 e. The molecule has 0 aromatic heterocycles. The molecular weight excluding hydrogens is 314 g/mol. The average Bonchev–Trinajstić information content (AvgIpc) is 2.45. The molecule has 2 aromatic rings. The number of hydrogen-bond donors (Lipinski definition) is 2. The Balaban J connectivity index is 1.82. The first-order chi connectivity index (χ1) is 10.1. The summed E-state index contributed by atoms with van der Waals surface area (Å²) in [6.45, 7) is 0.401. The molecule has 2 N–H and O–H groups in total. The lowest BCUT2D eigenvalue weighted by Gasteiger charge is -2.09. The van der Waals surface area contributed by atoms with Crippen molar-refractivity contribution in [3.8, 4) is 0 Å². The molecule has 21 heavy (non-hydrogen) atoms. The van der Waals surface area contributed by atoms with Gasteiger partial charge in [-0.25, -0.2) is 4.39 Å². The molecule has 0 aliphatic heterocycles. The Bertz CT molecular complexity index is 649. The summed E-state index contributed by atoms with van der Waals surface area (Å²) in [5.74, 6) is -0.637. The van der Waals surface area contributed by atoms with Crippen molar-refractivity contribution in [2.75, 3.05) is 17.2 Å². The van der Waals surface area contributed by atoms with Gasteiger partial charge in [0.05, 0.1) is 15.7 Å². The molecule has 0 heterocycles. The Morgan fingerprint density at radius 3 is 2.57 bits per heavy atom. The van der Waals surface area contributed by atoms with Crippen LogP contribution in [0, 0.1) is 5.82 Å². The molecule has 0 aliphatic carbocycles. The van der Waals surface area contributed by atoms with Crippen LogP contribution in [-0.2, 0) is 4.79 Å². The number of halogens is 3. The van der Waals surface area contributed by atoms with E-state index in [1.165, 1.54) is 12.1 Å². The smallest absolute Gasteiger partial charge is 0.226 e. The van der Waals surface area contributed by atoms with Gasteiger partial charge in [0, 0.05) is 18.7 Å². The van der Waals surface area contributed by atoms with Crippen molar-refractivity contribution in [1.29, 1.82) is 0 Å². The van der Waals surface area contributed by atoms with Crippen molar-refractivity contribution in [2.24, 2.45) is 0 Å². The Labute approximate surface area is 132 Å². The second-order valence-electron chi connectivity index (χ2n) is 4.33. The van der Waals surface area contributed by atoms with Gasteiger partial charge in [0.25, 0.3) is 0 Å². The Kier molecular flexibility index (Phi) is 5.42. The maximum absolute atomic E-state index is 13.0. The summed E-state index contributed by atoms with van der Waals surface area (Å²) in [7, 11) is 0. The van der Waals surface area contributed by atoms with Gasteiger partial charge in [-0.2, -0.15) is 0 Å². The molecule has 0 aliphatic rings. The van der Waals surface area contributed by atoms with Crippen molar-refractivity contribution in [1.82, 2.24) is 0 Å². The summed E-state index contributed by atoms with van der Waals surface area (Å²) < 4.78 is 13.0. The molecule has 110 valence electrons. The molecule has 0 saturated heterocycles. The van der Waals surface area contributed by atoms with E-state index >= 15 is 0 Å². The van der Waals surface area contributed by atoms with Crippen LogP contribution >= 0.6 is 23.2 Å². The summed E-state index contributed by atoms with van der Waals surface area (Å²) in [5, 5.41) is 6.25. The summed E-state index contributed by atoms with van der Waals surface area (Å²) in [6.07, 6.45) is 0.250. The van der Waals surface area contributed by atoms with Gasteiger partial charge in [-0.15, -0.1) is 0 Å². The van der Waals surface area contributed by atoms with Gasteiger partial charge in [-0.1, -0.05) is 35.3 Å². The van der Waals surface area contributed by atoms with Crippen molar-refractivity contribution in [2.45, 2.75) is 6.42 Å². The number of benzene rings is 2. The first-order valence-electron chi connectivity index (χ1n) is 6.29. The Hall–Kier alpha value is -1.78. The maximum Gasteiger partial charge on any atom is 0.226 e. The van der Waals surface area contributed by atoms with Crippen molar-refractivity contribution >= 4 is 40.5 Å². The van der Waals surface area contributed by atoms with E-state index in [0.717, 1.165) is 0 Å². The summed E-state index contributed by atoms with van der Waals surface area (Å²) >= 11 is 11.6. The van der Waals surface area contributed by atoms with Gasteiger partial charge in [0.1, 0.15) is 5.82 Å². The summed E-state index contributed by atoms with van der Waals surface area (Å²) in [4.78, 5) is 11.8. The molecule has 0 saturated carbocycles. The number of carbonyl (C=O) groups is 1. The highest BCUT2D eigenvalue weighted by Crippen LogP contribution is 2.21. The predicted octanol–water partition coefficient (Wildman–Crippen LogP) is 4.57. The second kappa shape index (κ2) is 7.29. The number of nitrogens with one attached hydrogen (secondary N) is 2. The average molecular weight is 327 g/mol. The molecule has 3 nitrogen and oxygen atoms in total. The van der Waals surface area contributed by atoms with Crippen molar-refractivity contribution < 1.29 is 9.18 Å². The molecule has 0 bridgehead atoms. The van der Waals surface area contributed by atoms with Crippen LogP contribution in [0.3, 0.4) is 0 Å². The SMILES string of the molecule is O=C(CCNc1ccc(F)c(Cl)c1)Nc1ccccc1Cl. The summed E-state index contributed by atoms with van der Waals surface area (Å²) in [6, 6.07) is 11.3. The van der Waals surface area contributed by atoms with E-state index < -0.39 is 5.82 Å². The van der Waals surface area contributed by atoms with E-state index in [2.05, 4.69) is 10.6 Å². The minimum Gasteiger partial charge on any atom is -0.384 e. The fraction of sp³-hybridized carbons (Fsp3) is 0.133. The lowest BCUT2D eigenvalue weighted by atomic mass is 10.3. The summed E-state index contributed by atoms with van der Waals surface area (Å²) in [5.41, 5.74) is 1.24. The van der Waals surface area contributed by atoms with E-state index in [9.17, 15) is 9.18 Å². The third-order valence-electron chi connectivity index (χ3n) is 2.75. The molecule has 0 spiro atoms. The van der Waals surface area contributed by atoms with Crippen LogP contribution in [0.2, 0.25) is 10.0 Å². The number of hydrogen-bond acceptors (Lipinski definition) is 2. The van der Waals surface area contributed by atoms with Crippen LogP contribution in [0.25, 0.3) is 0 Å². The predicted molar refractivity (Wildman–Crippen MR) is 84.6 cm³/mol. The van der Waals surface area contributed by atoms with E-state index in [1.54, 1.807) is 30.3 Å². The number of rotatable bonds is 5. The van der Waals surface area contributed by atoms with Crippen LogP contribution in [0.15, 0.2) is 42.5 Å². The minimum absolute atomic E-state index is 0.0421. The van der Waals surface area contributed by atoms with Crippen LogP contribution in [-0.4, -0.2) is 12.5 Å².